The van der Waals surface area contributed by atoms with Crippen LogP contribution in [0.2, 0.25) is 0 Å². The number of nitrogens with one attached hydrogen (secondary N) is 1. The molecule has 1 unspecified atom stereocenters. The average molecular weight is 296 g/mol. The first-order valence-corrected chi connectivity index (χ1v) is 6.90. The number of carboxylic acid groups (broad SMARTS) is 1. The Bertz CT molecular complexity index is 254. The Morgan fingerprint density at radius 2 is 1.80 bits per heavy atom. The van der Waals surface area contributed by atoms with Crippen LogP contribution in [0.15, 0.2) is 0 Å². The predicted octanol–water partition coefficient (Wildman–Crippen LogP) is 0.0316. The van der Waals surface area contributed by atoms with Gasteiger partial charge < -0.3 is 21.5 Å². The van der Waals surface area contributed by atoms with Crippen molar-refractivity contribution in [1.82, 2.24) is 10.2 Å². The van der Waals surface area contributed by atoms with Crippen molar-refractivity contribution < 1.29 is 18.7 Å². The quantitative estimate of drug-likeness (QED) is 0.258. The Balaban J connectivity index is 0.000000388. The van der Waals surface area contributed by atoms with Crippen molar-refractivity contribution in [3.63, 3.8) is 0 Å². The summed E-state index contributed by atoms with van der Waals surface area (Å²) in [7, 11) is 0. The molecule has 0 amide bonds. The van der Waals surface area contributed by atoms with Crippen molar-refractivity contribution in [2.24, 2.45) is 11.5 Å². The summed E-state index contributed by atoms with van der Waals surface area (Å²) in [6.07, 6.45) is 3.01. The molecular formula is C12H26F2N4O2. The van der Waals surface area contributed by atoms with Gasteiger partial charge in [0, 0.05) is 13.1 Å². The maximum Gasteiger partial charge on any atom is 0.320 e. The molecule has 6 nitrogen and oxygen atoms in total. The van der Waals surface area contributed by atoms with Gasteiger partial charge >= 0.3 is 5.97 Å². The molecule has 0 aliphatic carbocycles. The van der Waals surface area contributed by atoms with Gasteiger partial charge in [-0.3, -0.25) is 4.79 Å². The molecule has 0 spiro atoms. The molecule has 0 aromatic heterocycles. The number of nitrogens with zero attached hydrogens (tertiary/aromatic N) is 1. The van der Waals surface area contributed by atoms with Gasteiger partial charge in [0.05, 0.1) is 0 Å². The summed E-state index contributed by atoms with van der Waals surface area (Å²) < 4.78 is 23.3. The number of rotatable bonds is 10. The number of nitrogens with two attached hydrogens (primary N) is 2. The first-order valence-electron chi connectivity index (χ1n) is 6.90. The van der Waals surface area contributed by atoms with Crippen LogP contribution >= 0.6 is 0 Å². The summed E-state index contributed by atoms with van der Waals surface area (Å²) >= 11 is 0. The van der Waals surface area contributed by atoms with E-state index in [0.29, 0.717) is 13.0 Å². The van der Waals surface area contributed by atoms with Crippen molar-refractivity contribution in [2.45, 2.75) is 38.3 Å². The maximum absolute atomic E-state index is 11.7. The van der Waals surface area contributed by atoms with Gasteiger partial charge in [-0.2, -0.15) is 8.78 Å². The lowest BCUT2D eigenvalue weighted by atomic mass is 10.1. The molecular weight excluding hydrogens is 270 g/mol. The van der Waals surface area contributed by atoms with E-state index in [1.807, 2.05) is 0 Å². The normalized spacial score (nSPS) is 15.7. The van der Waals surface area contributed by atoms with Crippen LogP contribution in [0.4, 0.5) is 8.78 Å². The van der Waals surface area contributed by atoms with Gasteiger partial charge in [0.2, 0.25) is 0 Å². The molecule has 0 saturated carbocycles. The van der Waals surface area contributed by atoms with E-state index in [4.69, 9.17) is 16.6 Å². The molecule has 1 saturated heterocycles. The first kappa shape index (κ1) is 19.2. The van der Waals surface area contributed by atoms with Crippen LogP contribution in [0.3, 0.4) is 0 Å². The SMILES string of the molecule is NCCCC(NC(F)F)C(=O)O.NCCCCN1CC1. The Morgan fingerprint density at radius 1 is 1.20 bits per heavy atom. The topological polar surface area (TPSA) is 104 Å². The van der Waals surface area contributed by atoms with E-state index >= 15 is 0 Å². The minimum absolute atomic E-state index is 0.121. The van der Waals surface area contributed by atoms with Crippen LogP contribution in [0.1, 0.15) is 25.7 Å². The number of hydrogen-bond acceptors (Lipinski definition) is 5. The molecule has 1 rings (SSSR count). The molecule has 6 N–H and O–H groups in total. The second kappa shape index (κ2) is 12.0. The van der Waals surface area contributed by atoms with Gasteiger partial charge in [-0.1, -0.05) is 0 Å². The molecule has 1 aliphatic rings. The van der Waals surface area contributed by atoms with E-state index in [0.717, 1.165) is 6.54 Å². The fraction of sp³-hybridized carbons (Fsp3) is 0.917. The third kappa shape index (κ3) is 12.2. The van der Waals surface area contributed by atoms with E-state index < -0.39 is 18.6 Å². The average Bonchev–Trinajstić information content (AvgIpc) is 3.19. The van der Waals surface area contributed by atoms with E-state index in [1.165, 1.54) is 32.5 Å². The molecule has 0 radical (unpaired) electrons. The summed E-state index contributed by atoms with van der Waals surface area (Å²) in [6.45, 7) is 2.28. The molecule has 0 bridgehead atoms. The largest absolute Gasteiger partial charge is 0.480 e. The van der Waals surface area contributed by atoms with Crippen LogP contribution in [0.25, 0.3) is 0 Å². The smallest absolute Gasteiger partial charge is 0.320 e. The van der Waals surface area contributed by atoms with Crippen molar-refractivity contribution in [3.05, 3.63) is 0 Å². The molecule has 1 fully saturated rings. The van der Waals surface area contributed by atoms with E-state index in [1.54, 1.807) is 5.32 Å². The van der Waals surface area contributed by atoms with E-state index in [-0.39, 0.29) is 6.42 Å². The lowest BCUT2D eigenvalue weighted by molar-refractivity contribution is -0.141. The standard InChI is InChI=1S/C6H12F2N2O2.C6H14N2/c7-6(8)10-4(5(11)12)2-1-3-9;7-3-1-2-4-8-5-6-8/h4,6,10H,1-3,9H2,(H,11,12);1-7H2. The summed E-state index contributed by atoms with van der Waals surface area (Å²) in [5.74, 6) is -1.27. The highest BCUT2D eigenvalue weighted by Crippen LogP contribution is 2.04. The van der Waals surface area contributed by atoms with E-state index in [9.17, 15) is 13.6 Å². The highest BCUT2D eigenvalue weighted by atomic mass is 19.3. The number of alkyl halides is 2. The van der Waals surface area contributed by atoms with Gasteiger partial charge in [0.25, 0.3) is 6.55 Å². The fourth-order valence-corrected chi connectivity index (χ4v) is 1.53. The van der Waals surface area contributed by atoms with Crippen molar-refractivity contribution in [2.75, 3.05) is 32.7 Å². The lowest BCUT2D eigenvalue weighted by Gasteiger charge is -2.12. The van der Waals surface area contributed by atoms with Gasteiger partial charge in [-0.25, -0.2) is 5.32 Å². The number of hydrogen-bond donors (Lipinski definition) is 4. The summed E-state index contributed by atoms with van der Waals surface area (Å²) in [5.41, 5.74) is 10.4. The number of halogens is 2. The van der Waals surface area contributed by atoms with Gasteiger partial charge in [0.15, 0.2) is 0 Å². The Kier molecular flexibility index (Phi) is 11.5. The zero-order valence-electron chi connectivity index (χ0n) is 11.7. The number of unbranched alkanes of at least 4 members (excludes halogenated alkanes) is 1. The molecule has 20 heavy (non-hydrogen) atoms. The highest BCUT2D eigenvalue weighted by molar-refractivity contribution is 5.73. The van der Waals surface area contributed by atoms with Gasteiger partial charge in [-0.15, -0.1) is 0 Å². The Labute approximate surface area is 118 Å². The van der Waals surface area contributed by atoms with Crippen LogP contribution in [0, 0.1) is 0 Å². The monoisotopic (exact) mass is 296 g/mol. The highest BCUT2D eigenvalue weighted by Gasteiger charge is 2.19. The molecule has 1 aliphatic heterocycles. The molecule has 0 aromatic carbocycles. The van der Waals surface area contributed by atoms with E-state index in [2.05, 4.69) is 4.90 Å². The third-order valence-electron chi connectivity index (χ3n) is 2.79. The lowest BCUT2D eigenvalue weighted by Crippen LogP contribution is -2.40. The minimum Gasteiger partial charge on any atom is -0.480 e. The second-order valence-corrected chi connectivity index (χ2v) is 4.63. The van der Waals surface area contributed by atoms with Crippen molar-refractivity contribution in [1.29, 1.82) is 0 Å². The first-order chi connectivity index (χ1) is 9.51. The van der Waals surface area contributed by atoms with Crippen LogP contribution in [0.5, 0.6) is 0 Å². The van der Waals surface area contributed by atoms with Gasteiger partial charge in [-0.05, 0) is 45.3 Å². The molecule has 1 atom stereocenters. The number of carbonyl (C=O) groups is 1. The Morgan fingerprint density at radius 3 is 2.20 bits per heavy atom. The molecule has 120 valence electrons. The zero-order valence-corrected chi connectivity index (χ0v) is 11.7. The summed E-state index contributed by atoms with van der Waals surface area (Å²) in [4.78, 5) is 12.7. The van der Waals surface area contributed by atoms with Crippen molar-refractivity contribution >= 4 is 5.97 Å². The molecule has 8 heteroatoms. The predicted molar refractivity (Wildman–Crippen MR) is 73.6 cm³/mol. The zero-order chi connectivity index (χ0) is 15.4. The third-order valence-corrected chi connectivity index (χ3v) is 2.79. The van der Waals surface area contributed by atoms with Crippen LogP contribution in [-0.2, 0) is 4.79 Å². The summed E-state index contributed by atoms with van der Waals surface area (Å²) in [6, 6.07) is -1.20. The van der Waals surface area contributed by atoms with Gasteiger partial charge in [0.1, 0.15) is 6.04 Å². The van der Waals surface area contributed by atoms with Crippen molar-refractivity contribution in [3.8, 4) is 0 Å². The maximum atomic E-state index is 11.7. The Hall–Kier alpha value is -0.830. The molecule has 0 aromatic rings. The van der Waals surface area contributed by atoms with Crippen LogP contribution < -0.4 is 16.8 Å². The minimum atomic E-state index is -2.80. The molecule has 1 heterocycles. The summed E-state index contributed by atoms with van der Waals surface area (Å²) in [5, 5.41) is 10.0. The number of aliphatic carboxylic acids is 1. The second-order valence-electron chi connectivity index (χ2n) is 4.63. The fourth-order valence-electron chi connectivity index (χ4n) is 1.53. The number of carboxylic acids is 1. The van der Waals surface area contributed by atoms with Crippen LogP contribution in [-0.4, -0.2) is 61.3 Å².